The van der Waals surface area contributed by atoms with E-state index < -0.39 is 10.0 Å². The van der Waals surface area contributed by atoms with Gasteiger partial charge >= 0.3 is 0 Å². The highest BCUT2D eigenvalue weighted by Crippen LogP contribution is 2.21. The van der Waals surface area contributed by atoms with Crippen molar-refractivity contribution in [3.05, 3.63) is 65.5 Å². The molecule has 0 aliphatic heterocycles. The fraction of sp³-hybridized carbons (Fsp3) is 0.350. The number of halogens is 1. The average molecular weight is 392 g/mol. The van der Waals surface area contributed by atoms with Crippen molar-refractivity contribution in [3.63, 3.8) is 0 Å². The van der Waals surface area contributed by atoms with Crippen LogP contribution in [0.25, 0.3) is 0 Å². The largest absolute Gasteiger partial charge is 0.335 e. The summed E-state index contributed by atoms with van der Waals surface area (Å²) in [4.78, 5) is 14.4. The Hall–Kier alpha value is -2.25. The smallest absolute Gasteiger partial charge is 0.254 e. The predicted molar refractivity (Wildman–Crippen MR) is 103 cm³/mol. The first-order valence-corrected chi connectivity index (χ1v) is 10.3. The first kappa shape index (κ1) is 21.1. The number of benzene rings is 2. The van der Waals surface area contributed by atoms with Crippen LogP contribution in [0.4, 0.5) is 4.39 Å². The average Bonchev–Trinajstić information content (AvgIpc) is 2.66. The lowest BCUT2D eigenvalue weighted by atomic mass is 10.1. The van der Waals surface area contributed by atoms with E-state index in [4.69, 9.17) is 0 Å². The van der Waals surface area contributed by atoms with Crippen LogP contribution in [0.5, 0.6) is 0 Å². The van der Waals surface area contributed by atoms with Crippen LogP contribution in [0.15, 0.2) is 53.4 Å². The van der Waals surface area contributed by atoms with Crippen molar-refractivity contribution in [1.82, 2.24) is 9.62 Å². The molecule has 0 saturated heterocycles. The quantitative estimate of drug-likeness (QED) is 0.781. The lowest BCUT2D eigenvalue weighted by molar-refractivity contribution is 0.0742. The van der Waals surface area contributed by atoms with Gasteiger partial charge in [-0.1, -0.05) is 19.1 Å². The van der Waals surface area contributed by atoms with Crippen molar-refractivity contribution in [3.8, 4) is 0 Å². The highest BCUT2D eigenvalue weighted by molar-refractivity contribution is 7.89. The van der Waals surface area contributed by atoms with Gasteiger partial charge in [0.2, 0.25) is 10.0 Å². The minimum Gasteiger partial charge on any atom is -0.335 e. The molecule has 2 unspecified atom stereocenters. The molecule has 0 bridgehead atoms. The van der Waals surface area contributed by atoms with E-state index in [1.807, 2.05) is 13.8 Å². The molecule has 0 saturated carbocycles. The molecule has 0 aliphatic rings. The first-order chi connectivity index (χ1) is 12.7. The van der Waals surface area contributed by atoms with E-state index >= 15 is 0 Å². The Balaban J connectivity index is 2.16. The molecule has 2 atom stereocenters. The van der Waals surface area contributed by atoms with E-state index in [-0.39, 0.29) is 28.7 Å². The van der Waals surface area contributed by atoms with Crippen molar-refractivity contribution < 1.29 is 17.6 Å². The summed E-state index contributed by atoms with van der Waals surface area (Å²) in [7, 11) is -1.95. The summed E-state index contributed by atoms with van der Waals surface area (Å²) >= 11 is 0. The number of rotatable bonds is 7. The van der Waals surface area contributed by atoms with Gasteiger partial charge in [-0.25, -0.2) is 17.5 Å². The fourth-order valence-corrected chi connectivity index (χ4v) is 3.86. The second kappa shape index (κ2) is 8.63. The van der Waals surface area contributed by atoms with Crippen molar-refractivity contribution in [2.24, 2.45) is 0 Å². The Labute approximate surface area is 160 Å². The number of sulfonamides is 1. The third-order valence-corrected chi connectivity index (χ3v) is 6.24. The van der Waals surface area contributed by atoms with Gasteiger partial charge in [-0.2, -0.15) is 0 Å². The van der Waals surface area contributed by atoms with Gasteiger partial charge in [-0.05, 0) is 62.2 Å². The monoisotopic (exact) mass is 392 g/mol. The van der Waals surface area contributed by atoms with Crippen LogP contribution in [-0.4, -0.2) is 32.3 Å². The lowest BCUT2D eigenvalue weighted by Gasteiger charge is -2.25. The van der Waals surface area contributed by atoms with Crippen LogP contribution in [-0.2, 0) is 10.0 Å². The van der Waals surface area contributed by atoms with E-state index in [2.05, 4.69) is 4.72 Å². The second-order valence-electron chi connectivity index (χ2n) is 6.60. The molecule has 0 aromatic heterocycles. The van der Waals surface area contributed by atoms with Crippen LogP contribution in [0.2, 0.25) is 0 Å². The molecule has 0 aliphatic carbocycles. The topological polar surface area (TPSA) is 66.5 Å². The summed E-state index contributed by atoms with van der Waals surface area (Å²) in [6, 6.07) is 11.4. The number of carbonyl (C=O) groups excluding carboxylic acids is 1. The number of amides is 1. The molecule has 2 aromatic rings. The normalized spacial score (nSPS) is 13.8. The predicted octanol–water partition coefficient (Wildman–Crippen LogP) is 3.74. The second-order valence-corrected chi connectivity index (χ2v) is 8.31. The van der Waals surface area contributed by atoms with Crippen LogP contribution in [0.3, 0.4) is 0 Å². The van der Waals surface area contributed by atoms with Gasteiger partial charge in [0.15, 0.2) is 0 Å². The Morgan fingerprint density at radius 3 is 2.15 bits per heavy atom. The van der Waals surface area contributed by atoms with Crippen LogP contribution < -0.4 is 4.72 Å². The first-order valence-electron chi connectivity index (χ1n) is 8.80. The summed E-state index contributed by atoms with van der Waals surface area (Å²) in [6.45, 7) is 5.54. The molecule has 146 valence electrons. The number of hydrogen-bond donors (Lipinski definition) is 1. The van der Waals surface area contributed by atoms with Crippen molar-refractivity contribution in [2.45, 2.75) is 44.2 Å². The van der Waals surface area contributed by atoms with Crippen molar-refractivity contribution in [1.29, 1.82) is 0 Å². The van der Waals surface area contributed by atoms with E-state index in [1.165, 1.54) is 41.3 Å². The number of nitrogens with one attached hydrogen (secondary N) is 1. The molecule has 1 N–H and O–H groups in total. The maximum Gasteiger partial charge on any atom is 0.254 e. The maximum atomic E-state index is 13.1. The molecule has 1 amide bonds. The molecular weight excluding hydrogens is 367 g/mol. The van der Waals surface area contributed by atoms with Gasteiger partial charge in [0.05, 0.1) is 10.9 Å². The third kappa shape index (κ3) is 5.14. The van der Waals surface area contributed by atoms with E-state index in [0.717, 1.165) is 5.56 Å². The SMILES string of the molecule is CCC(C)NS(=O)(=O)c1ccc(C(=O)N(C)C(C)c2ccc(F)cc2)cc1. The third-order valence-electron chi connectivity index (χ3n) is 4.63. The van der Waals surface area contributed by atoms with Crippen molar-refractivity contribution >= 4 is 15.9 Å². The zero-order chi connectivity index (χ0) is 20.2. The molecule has 0 radical (unpaired) electrons. The van der Waals surface area contributed by atoms with Gasteiger partial charge < -0.3 is 4.90 Å². The highest BCUT2D eigenvalue weighted by Gasteiger charge is 2.21. The number of carbonyl (C=O) groups is 1. The Bertz CT molecular complexity index is 880. The van der Waals surface area contributed by atoms with E-state index in [9.17, 15) is 17.6 Å². The Kier molecular flexibility index (Phi) is 6.73. The molecule has 0 heterocycles. The van der Waals surface area contributed by atoms with Crippen LogP contribution in [0, 0.1) is 5.82 Å². The Morgan fingerprint density at radius 1 is 1.07 bits per heavy atom. The van der Waals surface area contributed by atoms with Crippen LogP contribution in [0.1, 0.15) is 49.2 Å². The summed E-state index contributed by atoms with van der Waals surface area (Å²) in [5.41, 5.74) is 1.19. The minimum absolute atomic E-state index is 0.119. The summed E-state index contributed by atoms with van der Waals surface area (Å²) < 4.78 is 40.3. The summed E-state index contributed by atoms with van der Waals surface area (Å²) in [5, 5.41) is 0. The molecule has 5 nitrogen and oxygen atoms in total. The molecule has 7 heteroatoms. The molecule has 27 heavy (non-hydrogen) atoms. The molecule has 0 fully saturated rings. The van der Waals surface area contributed by atoms with E-state index in [1.54, 1.807) is 26.1 Å². The zero-order valence-corrected chi connectivity index (χ0v) is 16.8. The molecule has 2 rings (SSSR count). The van der Waals surface area contributed by atoms with Crippen molar-refractivity contribution in [2.75, 3.05) is 7.05 Å². The molecular formula is C20H25FN2O3S. The molecule has 0 spiro atoms. The Morgan fingerprint density at radius 2 is 1.63 bits per heavy atom. The number of nitrogens with zero attached hydrogens (tertiary/aromatic N) is 1. The van der Waals surface area contributed by atoms with E-state index in [0.29, 0.717) is 12.0 Å². The number of hydrogen-bond acceptors (Lipinski definition) is 3. The van der Waals surface area contributed by atoms with Gasteiger partial charge in [0, 0.05) is 18.7 Å². The standard InChI is InChI=1S/C20H25FN2O3S/c1-5-14(2)22-27(25,26)19-12-8-17(9-13-19)20(24)23(4)15(3)16-6-10-18(21)11-7-16/h6-15,22H,5H2,1-4H3. The fourth-order valence-electron chi connectivity index (χ4n) is 2.54. The lowest BCUT2D eigenvalue weighted by Crippen LogP contribution is -2.32. The summed E-state index contributed by atoms with van der Waals surface area (Å²) in [6.07, 6.45) is 0.682. The summed E-state index contributed by atoms with van der Waals surface area (Å²) in [5.74, 6) is -0.576. The highest BCUT2D eigenvalue weighted by atomic mass is 32.2. The van der Waals surface area contributed by atoms with Gasteiger partial charge in [0.1, 0.15) is 5.82 Å². The van der Waals surface area contributed by atoms with Crippen LogP contribution >= 0.6 is 0 Å². The molecule has 2 aromatic carbocycles. The minimum atomic E-state index is -3.61. The maximum absolute atomic E-state index is 13.1. The van der Waals surface area contributed by atoms with Gasteiger partial charge in [0.25, 0.3) is 5.91 Å². The zero-order valence-electron chi connectivity index (χ0n) is 15.9. The van der Waals surface area contributed by atoms with Gasteiger partial charge in [-0.3, -0.25) is 4.79 Å². The van der Waals surface area contributed by atoms with Gasteiger partial charge in [-0.15, -0.1) is 0 Å².